The molecule has 0 bridgehead atoms. The summed E-state index contributed by atoms with van der Waals surface area (Å²) in [7, 11) is 0. The summed E-state index contributed by atoms with van der Waals surface area (Å²) in [4.78, 5) is 23.5. The summed E-state index contributed by atoms with van der Waals surface area (Å²) in [6, 6.07) is 8.19. The maximum atomic E-state index is 9.55. The van der Waals surface area contributed by atoms with Gasteiger partial charge in [-0.2, -0.15) is 0 Å². The molecule has 3 N–H and O–H groups in total. The Bertz CT molecular complexity index is 583. The number of ether oxygens (including phenoxy) is 1. The molecule has 0 aliphatic carbocycles. The number of para-hydroxylation sites is 1. The van der Waals surface area contributed by atoms with Crippen molar-refractivity contribution in [3.05, 3.63) is 42.0 Å². The number of benzene rings is 1. The average molecular weight is 304 g/mol. The van der Waals surface area contributed by atoms with Crippen LogP contribution in [0, 0.1) is 0 Å². The first-order valence-electron chi connectivity index (χ1n) is 6.73. The lowest BCUT2D eigenvalue weighted by Crippen LogP contribution is -2.34. The number of rotatable bonds is 3. The number of aliphatic imine (C=N–C) groups is 1. The Balaban J connectivity index is 0.000000192. The molecule has 22 heavy (non-hydrogen) atoms. The Morgan fingerprint density at radius 1 is 1.23 bits per heavy atom. The van der Waals surface area contributed by atoms with Crippen LogP contribution in [0.25, 0.3) is 0 Å². The van der Waals surface area contributed by atoms with E-state index in [-0.39, 0.29) is 6.10 Å². The molecule has 1 aromatic rings. The minimum absolute atomic E-state index is 0.120. The standard InChI is InChI=1S/C11H12N2O.C4H4O4/c1-2-4-9-8(3-1)7-10(14-9)11-12-5-6-13-11;5-3(6)1-2-4(7)8/h1-4,10H,5-7H2,(H,12,13);1-2H,(H,5,6)(H,7,8)/b;2-1+. The summed E-state index contributed by atoms with van der Waals surface area (Å²) >= 11 is 0. The molecule has 0 spiro atoms. The van der Waals surface area contributed by atoms with E-state index in [4.69, 9.17) is 14.9 Å². The van der Waals surface area contributed by atoms with Crippen LogP contribution in [-0.2, 0) is 16.0 Å². The third-order valence-corrected chi connectivity index (χ3v) is 3.02. The second kappa shape index (κ2) is 7.26. The van der Waals surface area contributed by atoms with Crippen LogP contribution >= 0.6 is 0 Å². The number of hydrogen-bond acceptors (Lipinski definition) is 5. The van der Waals surface area contributed by atoms with Gasteiger partial charge in [0.15, 0.2) is 6.10 Å². The highest BCUT2D eigenvalue weighted by Crippen LogP contribution is 2.28. The summed E-state index contributed by atoms with van der Waals surface area (Å²) in [5.41, 5.74) is 1.29. The summed E-state index contributed by atoms with van der Waals surface area (Å²) in [5.74, 6) is -0.491. The van der Waals surface area contributed by atoms with Gasteiger partial charge in [0.05, 0.1) is 6.54 Å². The van der Waals surface area contributed by atoms with Gasteiger partial charge in [-0.15, -0.1) is 0 Å². The van der Waals surface area contributed by atoms with E-state index in [1.807, 2.05) is 12.1 Å². The predicted octanol–water partition coefficient (Wildman–Crippen LogP) is 0.704. The smallest absolute Gasteiger partial charge is 0.328 e. The van der Waals surface area contributed by atoms with Crippen LogP contribution in [0.15, 0.2) is 41.4 Å². The van der Waals surface area contributed by atoms with Gasteiger partial charge in [0.1, 0.15) is 11.6 Å². The fraction of sp³-hybridized carbons (Fsp3) is 0.267. The van der Waals surface area contributed by atoms with Gasteiger partial charge in [-0.1, -0.05) is 18.2 Å². The van der Waals surface area contributed by atoms with Crippen molar-refractivity contribution < 1.29 is 24.5 Å². The molecule has 0 fully saturated rings. The fourth-order valence-electron chi connectivity index (χ4n) is 2.11. The highest BCUT2D eigenvalue weighted by molar-refractivity contribution is 5.90. The molecule has 3 rings (SSSR count). The largest absolute Gasteiger partial charge is 0.482 e. The molecule has 0 radical (unpaired) electrons. The van der Waals surface area contributed by atoms with Crippen LogP contribution in [0.4, 0.5) is 0 Å². The molecule has 0 saturated heterocycles. The second-order valence-corrected chi connectivity index (χ2v) is 4.62. The topological polar surface area (TPSA) is 108 Å². The van der Waals surface area contributed by atoms with E-state index in [0.717, 1.165) is 31.1 Å². The number of fused-ring (bicyclic) bond motifs is 1. The van der Waals surface area contributed by atoms with Crippen LogP contribution < -0.4 is 10.1 Å². The van der Waals surface area contributed by atoms with E-state index >= 15 is 0 Å². The number of aliphatic carboxylic acids is 2. The van der Waals surface area contributed by atoms with Crippen molar-refractivity contribution in [3.63, 3.8) is 0 Å². The summed E-state index contributed by atoms with van der Waals surface area (Å²) < 4.78 is 5.80. The van der Waals surface area contributed by atoms with E-state index in [1.165, 1.54) is 5.56 Å². The normalized spacial score (nSPS) is 18.5. The Morgan fingerprint density at radius 3 is 2.45 bits per heavy atom. The Kier molecular flexibility index (Phi) is 5.13. The predicted molar refractivity (Wildman–Crippen MR) is 79.3 cm³/mol. The van der Waals surface area contributed by atoms with Gasteiger partial charge >= 0.3 is 11.9 Å². The number of nitrogens with zero attached hydrogens (tertiary/aromatic N) is 1. The zero-order valence-electron chi connectivity index (χ0n) is 11.7. The lowest BCUT2D eigenvalue weighted by molar-refractivity contribution is -0.134. The van der Waals surface area contributed by atoms with Crippen molar-refractivity contribution >= 4 is 17.8 Å². The highest BCUT2D eigenvalue weighted by Gasteiger charge is 2.27. The average Bonchev–Trinajstić information content (AvgIpc) is 3.14. The minimum atomic E-state index is -1.26. The monoisotopic (exact) mass is 304 g/mol. The molecule has 0 amide bonds. The number of carboxylic acid groups (broad SMARTS) is 2. The lowest BCUT2D eigenvalue weighted by atomic mass is 10.1. The van der Waals surface area contributed by atoms with E-state index in [2.05, 4.69) is 22.4 Å². The lowest BCUT2D eigenvalue weighted by Gasteiger charge is -2.10. The van der Waals surface area contributed by atoms with Crippen molar-refractivity contribution in [3.8, 4) is 5.75 Å². The Labute approximate surface area is 126 Å². The van der Waals surface area contributed by atoms with Crippen molar-refractivity contribution in [2.45, 2.75) is 12.5 Å². The van der Waals surface area contributed by atoms with Crippen LogP contribution in [0.2, 0.25) is 0 Å². The first-order valence-corrected chi connectivity index (χ1v) is 6.73. The van der Waals surface area contributed by atoms with Crippen LogP contribution in [0.3, 0.4) is 0 Å². The molecule has 116 valence electrons. The van der Waals surface area contributed by atoms with Gasteiger partial charge in [0.2, 0.25) is 0 Å². The van der Waals surface area contributed by atoms with Crippen molar-refractivity contribution in [1.82, 2.24) is 5.32 Å². The SMILES string of the molecule is O=C(O)/C=C/C(=O)O.c1ccc2c(c1)CC(C1=NCCN1)O2. The number of amidine groups is 1. The summed E-state index contributed by atoms with van der Waals surface area (Å²) in [6.45, 7) is 1.83. The zero-order valence-corrected chi connectivity index (χ0v) is 11.7. The summed E-state index contributed by atoms with van der Waals surface area (Å²) in [5, 5.41) is 18.9. The van der Waals surface area contributed by atoms with Gasteiger partial charge in [0, 0.05) is 25.1 Å². The molecule has 0 aromatic heterocycles. The molecule has 7 heteroatoms. The number of hydrogen-bond donors (Lipinski definition) is 3. The molecular formula is C15H16N2O5. The van der Waals surface area contributed by atoms with E-state index in [1.54, 1.807) is 0 Å². The van der Waals surface area contributed by atoms with Crippen molar-refractivity contribution in [2.75, 3.05) is 13.1 Å². The second-order valence-electron chi connectivity index (χ2n) is 4.62. The van der Waals surface area contributed by atoms with Crippen LogP contribution in [0.5, 0.6) is 5.75 Å². The van der Waals surface area contributed by atoms with E-state index in [0.29, 0.717) is 12.2 Å². The zero-order chi connectivity index (χ0) is 15.9. The Morgan fingerprint density at radius 2 is 1.91 bits per heavy atom. The first-order chi connectivity index (χ1) is 10.6. The molecule has 1 atom stereocenters. The first kappa shape index (κ1) is 15.6. The maximum Gasteiger partial charge on any atom is 0.328 e. The van der Waals surface area contributed by atoms with Crippen molar-refractivity contribution in [1.29, 1.82) is 0 Å². The van der Waals surface area contributed by atoms with Gasteiger partial charge in [-0.3, -0.25) is 4.99 Å². The quantitative estimate of drug-likeness (QED) is 0.710. The minimum Gasteiger partial charge on any atom is -0.482 e. The number of carboxylic acids is 2. The fourth-order valence-corrected chi connectivity index (χ4v) is 2.11. The number of nitrogens with one attached hydrogen (secondary N) is 1. The molecule has 1 aromatic carbocycles. The van der Waals surface area contributed by atoms with Gasteiger partial charge in [-0.25, -0.2) is 9.59 Å². The molecule has 2 aliphatic heterocycles. The van der Waals surface area contributed by atoms with Crippen LogP contribution in [-0.4, -0.2) is 47.2 Å². The molecular weight excluding hydrogens is 288 g/mol. The molecule has 2 aliphatic rings. The Hall–Kier alpha value is -2.83. The number of carbonyl (C=O) groups is 2. The van der Waals surface area contributed by atoms with Gasteiger partial charge in [0.25, 0.3) is 0 Å². The highest BCUT2D eigenvalue weighted by atomic mass is 16.5. The molecule has 7 nitrogen and oxygen atoms in total. The molecule has 1 unspecified atom stereocenters. The van der Waals surface area contributed by atoms with Crippen molar-refractivity contribution in [2.24, 2.45) is 4.99 Å². The summed E-state index contributed by atoms with van der Waals surface area (Å²) in [6.07, 6.45) is 2.18. The van der Waals surface area contributed by atoms with Gasteiger partial charge in [-0.05, 0) is 11.6 Å². The van der Waals surface area contributed by atoms with Crippen LogP contribution in [0.1, 0.15) is 5.56 Å². The van der Waals surface area contributed by atoms with E-state index < -0.39 is 11.9 Å². The molecule has 2 heterocycles. The third kappa shape index (κ3) is 4.34. The third-order valence-electron chi connectivity index (χ3n) is 3.02. The van der Waals surface area contributed by atoms with E-state index in [9.17, 15) is 9.59 Å². The maximum absolute atomic E-state index is 9.55. The molecule has 0 saturated carbocycles. The van der Waals surface area contributed by atoms with Gasteiger partial charge < -0.3 is 20.3 Å².